The molecule has 96 valence electrons. The van der Waals surface area contributed by atoms with E-state index in [-0.39, 0.29) is 6.10 Å². The van der Waals surface area contributed by atoms with Crippen LogP contribution in [0.15, 0.2) is 12.4 Å². The molecule has 0 aromatic carbocycles. The number of aliphatic hydroxyl groups is 1. The lowest BCUT2D eigenvalue weighted by atomic mass is 10.2. The molecule has 0 spiro atoms. The zero-order chi connectivity index (χ0) is 12.4. The zero-order valence-corrected chi connectivity index (χ0v) is 10.9. The average molecular weight is 238 g/mol. The largest absolute Gasteiger partial charge is 0.392 e. The van der Waals surface area contributed by atoms with Crippen LogP contribution in [0.25, 0.3) is 0 Å². The maximum absolute atomic E-state index is 9.79. The van der Waals surface area contributed by atoms with Crippen LogP contribution >= 0.6 is 0 Å². The molecule has 1 fully saturated rings. The molecule has 0 bridgehead atoms. The number of rotatable bonds is 4. The lowest BCUT2D eigenvalue weighted by Crippen LogP contribution is -2.37. The quantitative estimate of drug-likeness (QED) is 0.797. The van der Waals surface area contributed by atoms with Gasteiger partial charge in [-0.05, 0) is 20.5 Å². The predicted octanol–water partition coefficient (Wildman–Crippen LogP) is -0.0831. The van der Waals surface area contributed by atoms with E-state index in [9.17, 15) is 5.11 Å². The summed E-state index contributed by atoms with van der Waals surface area (Å²) in [6.45, 7) is 2.56. The summed E-state index contributed by atoms with van der Waals surface area (Å²) in [5.74, 6) is 1.06. The Morgan fingerprint density at radius 3 is 2.88 bits per heavy atom. The number of imidazole rings is 1. The van der Waals surface area contributed by atoms with Crippen molar-refractivity contribution in [1.29, 1.82) is 0 Å². The van der Waals surface area contributed by atoms with Crippen LogP contribution in [0, 0.1) is 0 Å². The Kier molecular flexibility index (Phi) is 3.81. The smallest absolute Gasteiger partial charge is 0.122 e. The van der Waals surface area contributed by atoms with Gasteiger partial charge in [0.2, 0.25) is 0 Å². The second-order valence-corrected chi connectivity index (χ2v) is 5.19. The van der Waals surface area contributed by atoms with E-state index in [0.29, 0.717) is 6.04 Å². The molecule has 1 aromatic heterocycles. The Bertz CT molecular complexity index is 363. The van der Waals surface area contributed by atoms with Crippen LogP contribution in [0.5, 0.6) is 0 Å². The molecule has 0 amide bonds. The van der Waals surface area contributed by atoms with Crippen LogP contribution in [-0.4, -0.2) is 63.8 Å². The van der Waals surface area contributed by atoms with Crippen molar-refractivity contribution < 1.29 is 5.11 Å². The molecular weight excluding hydrogens is 216 g/mol. The minimum absolute atomic E-state index is 0.194. The second-order valence-electron chi connectivity index (χ2n) is 5.19. The van der Waals surface area contributed by atoms with E-state index in [0.717, 1.165) is 31.9 Å². The van der Waals surface area contributed by atoms with Crippen molar-refractivity contribution >= 4 is 0 Å². The van der Waals surface area contributed by atoms with E-state index in [1.54, 1.807) is 0 Å². The minimum atomic E-state index is -0.194. The summed E-state index contributed by atoms with van der Waals surface area (Å²) >= 11 is 0. The van der Waals surface area contributed by atoms with E-state index in [1.807, 2.05) is 24.0 Å². The van der Waals surface area contributed by atoms with Crippen molar-refractivity contribution in [3.63, 3.8) is 0 Å². The van der Waals surface area contributed by atoms with Crippen molar-refractivity contribution in [3.05, 3.63) is 18.2 Å². The Labute approximate surface area is 103 Å². The van der Waals surface area contributed by atoms with Gasteiger partial charge in [0.15, 0.2) is 0 Å². The number of likely N-dealkylation sites (tertiary alicyclic amines) is 1. The molecule has 1 saturated heterocycles. The number of likely N-dealkylation sites (N-methyl/N-ethyl adjacent to an activating group) is 1. The molecule has 1 N–H and O–H groups in total. The van der Waals surface area contributed by atoms with Gasteiger partial charge < -0.3 is 14.6 Å². The highest BCUT2D eigenvalue weighted by Crippen LogP contribution is 2.20. The highest BCUT2D eigenvalue weighted by atomic mass is 16.3. The molecule has 5 heteroatoms. The van der Waals surface area contributed by atoms with E-state index in [4.69, 9.17) is 0 Å². The van der Waals surface area contributed by atoms with Crippen molar-refractivity contribution in [2.45, 2.75) is 25.1 Å². The van der Waals surface area contributed by atoms with Gasteiger partial charge in [-0.15, -0.1) is 0 Å². The lowest BCUT2D eigenvalue weighted by molar-refractivity contribution is 0.167. The fourth-order valence-electron chi connectivity index (χ4n) is 2.49. The van der Waals surface area contributed by atoms with Crippen LogP contribution in [-0.2, 0) is 13.6 Å². The summed E-state index contributed by atoms with van der Waals surface area (Å²) in [5.41, 5.74) is 0. The first kappa shape index (κ1) is 12.5. The molecule has 0 saturated carbocycles. The van der Waals surface area contributed by atoms with Gasteiger partial charge in [0, 0.05) is 38.6 Å². The van der Waals surface area contributed by atoms with Crippen LogP contribution in [0.4, 0.5) is 0 Å². The molecule has 0 radical (unpaired) electrons. The third-order valence-corrected chi connectivity index (χ3v) is 3.35. The molecule has 17 heavy (non-hydrogen) atoms. The highest BCUT2D eigenvalue weighted by molar-refractivity contribution is 4.95. The lowest BCUT2D eigenvalue weighted by Gasteiger charge is -2.26. The topological polar surface area (TPSA) is 44.5 Å². The number of nitrogens with zero attached hydrogens (tertiary/aromatic N) is 4. The fraction of sp³-hybridized carbons (Fsp3) is 0.750. The number of aromatic nitrogens is 2. The standard InChI is InChI=1S/C12H22N4O/c1-14(2)7-10-6-11(17)8-16(10)9-12-13-4-5-15(12)3/h4-5,10-11,17H,6-9H2,1-3H3. The number of hydrogen-bond acceptors (Lipinski definition) is 4. The first-order valence-electron chi connectivity index (χ1n) is 6.09. The molecule has 2 unspecified atom stereocenters. The summed E-state index contributed by atoms with van der Waals surface area (Å²) in [7, 11) is 6.16. The molecule has 2 heterocycles. The Balaban J connectivity index is 2.01. The van der Waals surface area contributed by atoms with E-state index < -0.39 is 0 Å². The van der Waals surface area contributed by atoms with Gasteiger partial charge in [0.25, 0.3) is 0 Å². The van der Waals surface area contributed by atoms with E-state index in [1.165, 1.54) is 0 Å². The van der Waals surface area contributed by atoms with Gasteiger partial charge >= 0.3 is 0 Å². The third-order valence-electron chi connectivity index (χ3n) is 3.35. The van der Waals surface area contributed by atoms with Gasteiger partial charge in [-0.25, -0.2) is 4.98 Å². The Morgan fingerprint density at radius 2 is 2.29 bits per heavy atom. The molecule has 5 nitrogen and oxygen atoms in total. The normalized spacial score (nSPS) is 25.9. The second kappa shape index (κ2) is 5.16. The molecule has 2 atom stereocenters. The van der Waals surface area contributed by atoms with Crippen molar-refractivity contribution in [3.8, 4) is 0 Å². The molecule has 1 aliphatic heterocycles. The summed E-state index contributed by atoms with van der Waals surface area (Å²) in [6.07, 6.45) is 4.45. The summed E-state index contributed by atoms with van der Waals surface area (Å²) in [6, 6.07) is 0.428. The summed E-state index contributed by atoms with van der Waals surface area (Å²) < 4.78 is 2.04. The number of hydrogen-bond donors (Lipinski definition) is 1. The van der Waals surface area contributed by atoms with Crippen molar-refractivity contribution in [2.24, 2.45) is 7.05 Å². The summed E-state index contributed by atoms with van der Waals surface area (Å²) in [5, 5.41) is 9.79. The zero-order valence-electron chi connectivity index (χ0n) is 10.9. The van der Waals surface area contributed by atoms with Crippen LogP contribution < -0.4 is 0 Å². The monoisotopic (exact) mass is 238 g/mol. The fourth-order valence-corrected chi connectivity index (χ4v) is 2.49. The predicted molar refractivity (Wildman–Crippen MR) is 66.6 cm³/mol. The van der Waals surface area contributed by atoms with E-state index >= 15 is 0 Å². The molecule has 0 aliphatic carbocycles. The third kappa shape index (κ3) is 3.06. The maximum atomic E-state index is 9.79. The number of aryl methyl sites for hydroxylation is 1. The highest BCUT2D eigenvalue weighted by Gasteiger charge is 2.31. The van der Waals surface area contributed by atoms with Gasteiger partial charge in [0.05, 0.1) is 12.6 Å². The molecule has 1 aromatic rings. The van der Waals surface area contributed by atoms with Gasteiger partial charge in [-0.2, -0.15) is 0 Å². The molecule has 1 aliphatic rings. The van der Waals surface area contributed by atoms with Crippen molar-refractivity contribution in [2.75, 3.05) is 27.2 Å². The number of aliphatic hydroxyl groups excluding tert-OH is 1. The molecular formula is C12H22N4O. The number of β-amino-alcohol motifs (C(OH)–C–C–N with tert-alkyl or cyclic N) is 1. The van der Waals surface area contributed by atoms with Crippen LogP contribution in [0.2, 0.25) is 0 Å². The van der Waals surface area contributed by atoms with E-state index in [2.05, 4.69) is 28.9 Å². The molecule has 2 rings (SSSR count). The van der Waals surface area contributed by atoms with Gasteiger partial charge in [-0.3, -0.25) is 4.90 Å². The summed E-state index contributed by atoms with van der Waals surface area (Å²) in [4.78, 5) is 8.85. The van der Waals surface area contributed by atoms with Crippen LogP contribution in [0.1, 0.15) is 12.2 Å². The SMILES string of the molecule is CN(C)CC1CC(O)CN1Cc1nccn1C. The first-order valence-corrected chi connectivity index (χ1v) is 6.09. The van der Waals surface area contributed by atoms with Gasteiger partial charge in [-0.1, -0.05) is 0 Å². The van der Waals surface area contributed by atoms with Gasteiger partial charge in [0.1, 0.15) is 5.82 Å². The minimum Gasteiger partial charge on any atom is -0.392 e. The van der Waals surface area contributed by atoms with Crippen LogP contribution in [0.3, 0.4) is 0 Å². The average Bonchev–Trinajstić information content (AvgIpc) is 2.75. The maximum Gasteiger partial charge on any atom is 0.122 e. The Hall–Kier alpha value is -0.910. The van der Waals surface area contributed by atoms with Crippen molar-refractivity contribution in [1.82, 2.24) is 19.4 Å². The first-order chi connectivity index (χ1) is 8.06. The Morgan fingerprint density at radius 1 is 1.53 bits per heavy atom.